The van der Waals surface area contributed by atoms with Crippen LogP contribution in [0.15, 0.2) is 23.2 Å². The van der Waals surface area contributed by atoms with Crippen LogP contribution >= 0.6 is 11.8 Å². The molecule has 2 nitrogen and oxygen atoms in total. The largest absolute Gasteiger partial charge is 0.379 e. The van der Waals surface area contributed by atoms with E-state index in [1.54, 1.807) is 23.9 Å². The zero-order valence-electron chi connectivity index (χ0n) is 13.9. The number of amidine groups is 1. The summed E-state index contributed by atoms with van der Waals surface area (Å²) in [4.78, 5) is 4.73. The molecule has 5 heteroatoms. The Morgan fingerprint density at radius 3 is 2.91 bits per heavy atom. The van der Waals surface area contributed by atoms with Gasteiger partial charge in [0.1, 0.15) is 13.9 Å². The van der Waals surface area contributed by atoms with Gasteiger partial charge in [0, 0.05) is 16.9 Å². The topological polar surface area (TPSA) is 38.4 Å². The molecule has 1 aromatic rings. The van der Waals surface area contributed by atoms with Crippen LogP contribution in [0, 0.1) is 23.2 Å². The summed E-state index contributed by atoms with van der Waals surface area (Å²) >= 11 is 1.59. The summed E-state index contributed by atoms with van der Waals surface area (Å²) in [5.74, 6) is 4.36. The Morgan fingerprint density at radius 1 is 1.39 bits per heavy atom. The van der Waals surface area contributed by atoms with Crippen LogP contribution in [0.4, 0.5) is 4.39 Å². The van der Waals surface area contributed by atoms with Crippen LogP contribution in [0.5, 0.6) is 0 Å². The summed E-state index contributed by atoms with van der Waals surface area (Å²) in [5.41, 5.74) is 10.4. The average Bonchev–Trinajstić information content (AvgIpc) is 2.89. The van der Waals surface area contributed by atoms with Gasteiger partial charge in [-0.05, 0) is 37.0 Å². The molecule has 0 radical (unpaired) electrons. The Balaban J connectivity index is 2.08. The SMILES string of the molecule is C[Si](C)(C)C#Cc1ccc(F)c(C23CCCC2CSC(N)=N3)c1. The van der Waals surface area contributed by atoms with Crippen LogP contribution in [-0.4, -0.2) is 19.0 Å². The number of benzene rings is 1. The summed E-state index contributed by atoms with van der Waals surface area (Å²) in [7, 11) is -1.46. The molecule has 0 amide bonds. The second-order valence-corrected chi connectivity index (χ2v) is 13.3. The first-order chi connectivity index (χ1) is 10.8. The standard InChI is InChI=1S/C18H23FN2SSi/c1-23(2,3)10-8-13-6-7-16(19)15(11-13)18-9-4-5-14(18)12-22-17(20)21-18/h6-7,11,14H,4-5,9,12H2,1-3H3,(H2,20,21). The molecule has 23 heavy (non-hydrogen) atoms. The summed E-state index contributed by atoms with van der Waals surface area (Å²) < 4.78 is 14.6. The van der Waals surface area contributed by atoms with Gasteiger partial charge < -0.3 is 5.73 Å². The second kappa shape index (κ2) is 5.99. The average molecular weight is 347 g/mol. The lowest BCUT2D eigenvalue weighted by molar-refractivity contribution is 0.341. The molecule has 1 aromatic carbocycles. The van der Waals surface area contributed by atoms with Gasteiger partial charge in [-0.1, -0.05) is 43.7 Å². The molecule has 2 aliphatic rings. The highest BCUT2D eigenvalue weighted by molar-refractivity contribution is 8.13. The highest BCUT2D eigenvalue weighted by Gasteiger charge is 2.47. The molecule has 1 aliphatic heterocycles. The molecule has 0 saturated heterocycles. The molecule has 122 valence electrons. The molecule has 1 heterocycles. The fourth-order valence-corrected chi connectivity index (χ4v) is 5.01. The number of hydrogen-bond donors (Lipinski definition) is 1. The van der Waals surface area contributed by atoms with Crippen molar-refractivity contribution in [3.8, 4) is 11.5 Å². The molecular formula is C18H23FN2SSi. The maximum absolute atomic E-state index is 14.6. The van der Waals surface area contributed by atoms with Crippen molar-refractivity contribution in [1.29, 1.82) is 0 Å². The Labute approximate surface area is 143 Å². The Hall–Kier alpha value is -1.25. The van der Waals surface area contributed by atoms with Crippen molar-refractivity contribution in [3.63, 3.8) is 0 Å². The molecule has 2 atom stereocenters. The summed E-state index contributed by atoms with van der Waals surface area (Å²) in [5, 5.41) is 0.584. The molecule has 2 N–H and O–H groups in total. The van der Waals surface area contributed by atoms with Crippen molar-refractivity contribution >= 4 is 25.0 Å². The number of thioether (sulfide) groups is 1. The maximum Gasteiger partial charge on any atom is 0.154 e. The van der Waals surface area contributed by atoms with Crippen LogP contribution in [0.25, 0.3) is 0 Å². The van der Waals surface area contributed by atoms with Crippen LogP contribution in [0.2, 0.25) is 19.6 Å². The lowest BCUT2D eigenvalue weighted by Gasteiger charge is -2.36. The lowest BCUT2D eigenvalue weighted by Crippen LogP contribution is -2.37. The van der Waals surface area contributed by atoms with E-state index in [4.69, 9.17) is 10.7 Å². The molecule has 2 unspecified atom stereocenters. The van der Waals surface area contributed by atoms with E-state index in [0.717, 1.165) is 30.6 Å². The van der Waals surface area contributed by atoms with Crippen LogP contribution in [0.1, 0.15) is 30.4 Å². The van der Waals surface area contributed by atoms with E-state index < -0.39 is 13.6 Å². The molecular weight excluding hydrogens is 323 g/mol. The minimum atomic E-state index is -1.46. The number of hydrogen-bond acceptors (Lipinski definition) is 3. The molecule has 1 saturated carbocycles. The quantitative estimate of drug-likeness (QED) is 0.614. The maximum atomic E-state index is 14.6. The van der Waals surface area contributed by atoms with Gasteiger partial charge in [-0.25, -0.2) is 4.39 Å². The Bertz CT molecular complexity index is 714. The van der Waals surface area contributed by atoms with E-state index in [2.05, 4.69) is 31.1 Å². The number of halogens is 1. The van der Waals surface area contributed by atoms with Crippen molar-refractivity contribution in [2.75, 3.05) is 5.75 Å². The van der Waals surface area contributed by atoms with Gasteiger partial charge in [0.15, 0.2) is 5.17 Å². The number of aliphatic imine (C=N–C) groups is 1. The number of nitrogens with zero attached hydrogens (tertiary/aromatic N) is 1. The minimum Gasteiger partial charge on any atom is -0.379 e. The molecule has 0 bridgehead atoms. The highest BCUT2D eigenvalue weighted by atomic mass is 32.2. The van der Waals surface area contributed by atoms with Gasteiger partial charge in [-0.2, -0.15) is 0 Å². The van der Waals surface area contributed by atoms with E-state index in [1.807, 2.05) is 6.07 Å². The normalized spacial score (nSPS) is 27.0. The molecule has 0 aromatic heterocycles. The third kappa shape index (κ3) is 3.34. The number of rotatable bonds is 1. The van der Waals surface area contributed by atoms with Crippen molar-refractivity contribution in [2.45, 2.75) is 44.4 Å². The first-order valence-corrected chi connectivity index (χ1v) is 12.6. The Kier molecular flexibility index (Phi) is 4.32. The van der Waals surface area contributed by atoms with E-state index in [-0.39, 0.29) is 5.82 Å². The highest BCUT2D eigenvalue weighted by Crippen LogP contribution is 2.51. The third-order valence-electron chi connectivity index (χ3n) is 4.54. The fraction of sp³-hybridized carbons (Fsp3) is 0.500. The van der Waals surface area contributed by atoms with Crippen molar-refractivity contribution in [1.82, 2.24) is 0 Å². The smallest absolute Gasteiger partial charge is 0.154 e. The van der Waals surface area contributed by atoms with Gasteiger partial charge in [0.25, 0.3) is 0 Å². The predicted octanol–water partition coefficient (Wildman–Crippen LogP) is 4.11. The van der Waals surface area contributed by atoms with E-state index in [9.17, 15) is 4.39 Å². The van der Waals surface area contributed by atoms with Crippen LogP contribution in [-0.2, 0) is 5.54 Å². The summed E-state index contributed by atoms with van der Waals surface area (Å²) in [6, 6.07) is 5.23. The van der Waals surface area contributed by atoms with Crippen molar-refractivity contribution in [2.24, 2.45) is 16.6 Å². The fourth-order valence-electron chi connectivity index (χ4n) is 3.45. The molecule has 3 rings (SSSR count). The zero-order valence-corrected chi connectivity index (χ0v) is 15.8. The van der Waals surface area contributed by atoms with Gasteiger partial charge in [0.2, 0.25) is 0 Å². The first kappa shape index (κ1) is 16.6. The summed E-state index contributed by atoms with van der Waals surface area (Å²) in [6.45, 7) is 6.62. The number of fused-ring (bicyclic) bond motifs is 1. The zero-order chi connectivity index (χ0) is 16.7. The van der Waals surface area contributed by atoms with E-state index in [0.29, 0.717) is 16.6 Å². The predicted molar refractivity (Wildman–Crippen MR) is 99.7 cm³/mol. The molecule has 1 aliphatic carbocycles. The first-order valence-electron chi connectivity index (χ1n) is 8.11. The van der Waals surface area contributed by atoms with E-state index in [1.165, 1.54) is 0 Å². The third-order valence-corrected chi connectivity index (χ3v) is 6.37. The lowest BCUT2D eigenvalue weighted by atomic mass is 9.81. The Morgan fingerprint density at radius 2 is 2.17 bits per heavy atom. The van der Waals surface area contributed by atoms with Gasteiger partial charge >= 0.3 is 0 Å². The van der Waals surface area contributed by atoms with Gasteiger partial charge in [-0.15, -0.1) is 5.54 Å². The van der Waals surface area contributed by atoms with Crippen LogP contribution < -0.4 is 5.73 Å². The van der Waals surface area contributed by atoms with Crippen molar-refractivity contribution in [3.05, 3.63) is 35.1 Å². The monoisotopic (exact) mass is 346 g/mol. The molecule has 1 fully saturated rings. The van der Waals surface area contributed by atoms with Gasteiger partial charge in [-0.3, -0.25) is 4.99 Å². The molecule has 0 spiro atoms. The number of nitrogens with two attached hydrogens (primary N) is 1. The minimum absolute atomic E-state index is 0.182. The van der Waals surface area contributed by atoms with Gasteiger partial charge in [0.05, 0.1) is 5.54 Å². The second-order valence-electron chi connectivity index (χ2n) is 7.47. The summed E-state index contributed by atoms with van der Waals surface area (Å²) in [6.07, 6.45) is 3.04. The van der Waals surface area contributed by atoms with Crippen molar-refractivity contribution < 1.29 is 4.39 Å². The van der Waals surface area contributed by atoms with E-state index >= 15 is 0 Å². The van der Waals surface area contributed by atoms with Crippen LogP contribution in [0.3, 0.4) is 0 Å².